The van der Waals surface area contributed by atoms with Gasteiger partial charge in [0.25, 0.3) is 5.91 Å². The third-order valence-corrected chi connectivity index (χ3v) is 2.44. The van der Waals surface area contributed by atoms with Crippen LogP contribution < -0.4 is 20.5 Å². The van der Waals surface area contributed by atoms with E-state index in [1.165, 1.54) is 14.2 Å². The molecule has 0 aliphatic heterocycles. The van der Waals surface area contributed by atoms with Gasteiger partial charge in [-0.05, 0) is 18.2 Å². The second-order valence-electron chi connectivity index (χ2n) is 3.67. The van der Waals surface area contributed by atoms with Gasteiger partial charge in [0.15, 0.2) is 11.5 Å². The summed E-state index contributed by atoms with van der Waals surface area (Å²) in [5.74, 6) is 0.821. The number of hydrogen-bond donors (Lipinski definition) is 3. The highest BCUT2D eigenvalue weighted by molar-refractivity contribution is 5.95. The van der Waals surface area contributed by atoms with E-state index in [1.807, 2.05) is 0 Å². The lowest BCUT2D eigenvalue weighted by Crippen LogP contribution is -2.28. The molecule has 7 heteroatoms. The summed E-state index contributed by atoms with van der Waals surface area (Å²) in [6, 6.07) is 4.86. The molecule has 0 saturated carbocycles. The zero-order valence-electron chi connectivity index (χ0n) is 10.8. The first-order valence-corrected chi connectivity index (χ1v) is 5.59. The van der Waals surface area contributed by atoms with Crippen LogP contribution in [0.3, 0.4) is 0 Å². The van der Waals surface area contributed by atoms with Gasteiger partial charge in [0.1, 0.15) is 5.84 Å². The maximum atomic E-state index is 11.8. The Morgan fingerprint density at radius 3 is 2.63 bits per heavy atom. The molecule has 19 heavy (non-hydrogen) atoms. The first kappa shape index (κ1) is 14.6. The topological polar surface area (TPSA) is 106 Å². The van der Waals surface area contributed by atoms with Crippen LogP contribution >= 0.6 is 0 Å². The third kappa shape index (κ3) is 4.06. The molecule has 0 unspecified atom stereocenters. The van der Waals surface area contributed by atoms with Gasteiger partial charge in [0, 0.05) is 18.5 Å². The Morgan fingerprint density at radius 1 is 1.37 bits per heavy atom. The maximum absolute atomic E-state index is 11.8. The van der Waals surface area contributed by atoms with Crippen molar-refractivity contribution in [1.82, 2.24) is 5.32 Å². The molecule has 0 heterocycles. The number of benzene rings is 1. The third-order valence-electron chi connectivity index (χ3n) is 2.44. The van der Waals surface area contributed by atoms with E-state index >= 15 is 0 Å². The molecule has 0 bridgehead atoms. The number of ether oxygens (including phenoxy) is 2. The summed E-state index contributed by atoms with van der Waals surface area (Å²) in [6.45, 7) is 0.281. The van der Waals surface area contributed by atoms with Crippen molar-refractivity contribution in [1.29, 1.82) is 0 Å². The highest BCUT2D eigenvalue weighted by Crippen LogP contribution is 2.27. The summed E-state index contributed by atoms with van der Waals surface area (Å²) in [6.07, 6.45) is 0.273. The second kappa shape index (κ2) is 7.10. The predicted octanol–water partition coefficient (Wildman–Crippen LogP) is 0.570. The lowest BCUT2D eigenvalue weighted by Gasteiger charge is -2.09. The Balaban J connectivity index is 2.67. The molecule has 0 aromatic heterocycles. The van der Waals surface area contributed by atoms with Crippen molar-refractivity contribution >= 4 is 11.7 Å². The molecule has 104 valence electrons. The van der Waals surface area contributed by atoms with Crippen LogP contribution in [0.4, 0.5) is 0 Å². The zero-order valence-corrected chi connectivity index (χ0v) is 10.8. The summed E-state index contributed by atoms with van der Waals surface area (Å²) < 4.78 is 10.2. The van der Waals surface area contributed by atoms with Crippen LogP contribution in [0.1, 0.15) is 16.8 Å². The Morgan fingerprint density at radius 2 is 2.05 bits per heavy atom. The molecule has 0 fully saturated rings. The van der Waals surface area contributed by atoms with Gasteiger partial charge in [-0.25, -0.2) is 0 Å². The van der Waals surface area contributed by atoms with Crippen molar-refractivity contribution in [2.45, 2.75) is 6.42 Å². The Hall–Kier alpha value is -2.44. The molecule has 0 atom stereocenters. The van der Waals surface area contributed by atoms with Gasteiger partial charge in [-0.2, -0.15) is 0 Å². The fourth-order valence-corrected chi connectivity index (χ4v) is 1.43. The van der Waals surface area contributed by atoms with Crippen molar-refractivity contribution in [3.63, 3.8) is 0 Å². The lowest BCUT2D eigenvalue weighted by atomic mass is 10.2. The molecule has 0 aliphatic rings. The van der Waals surface area contributed by atoms with Crippen LogP contribution in [-0.4, -0.2) is 37.7 Å². The minimum atomic E-state index is -0.272. The number of hydrogen-bond acceptors (Lipinski definition) is 5. The second-order valence-corrected chi connectivity index (χ2v) is 3.67. The van der Waals surface area contributed by atoms with E-state index < -0.39 is 0 Å². The summed E-state index contributed by atoms with van der Waals surface area (Å²) in [5, 5.41) is 13.8. The smallest absolute Gasteiger partial charge is 0.251 e. The maximum Gasteiger partial charge on any atom is 0.251 e. The number of amides is 1. The van der Waals surface area contributed by atoms with Crippen molar-refractivity contribution < 1.29 is 19.5 Å². The summed E-state index contributed by atoms with van der Waals surface area (Å²) in [7, 11) is 3.02. The summed E-state index contributed by atoms with van der Waals surface area (Å²) >= 11 is 0. The predicted molar refractivity (Wildman–Crippen MR) is 69.9 cm³/mol. The average Bonchev–Trinajstić information content (AvgIpc) is 2.45. The summed E-state index contributed by atoms with van der Waals surface area (Å²) in [4.78, 5) is 11.8. The first-order chi connectivity index (χ1) is 9.12. The lowest BCUT2D eigenvalue weighted by molar-refractivity contribution is 0.0954. The number of nitrogens with zero attached hydrogens (tertiary/aromatic N) is 1. The van der Waals surface area contributed by atoms with E-state index in [0.29, 0.717) is 17.1 Å². The van der Waals surface area contributed by atoms with Crippen LogP contribution in [0.2, 0.25) is 0 Å². The zero-order chi connectivity index (χ0) is 14.3. The SMILES string of the molecule is COc1ccc(C(=O)NCC/C(N)=N/O)cc1OC. The molecule has 7 nitrogen and oxygen atoms in total. The molecular formula is C12H17N3O4. The van der Waals surface area contributed by atoms with E-state index in [9.17, 15) is 4.79 Å². The largest absolute Gasteiger partial charge is 0.493 e. The molecule has 1 amide bonds. The number of rotatable bonds is 6. The molecule has 1 rings (SSSR count). The number of nitrogens with two attached hydrogens (primary N) is 1. The normalized spacial score (nSPS) is 10.9. The van der Waals surface area contributed by atoms with E-state index in [1.54, 1.807) is 18.2 Å². The van der Waals surface area contributed by atoms with Crippen molar-refractivity contribution in [3.05, 3.63) is 23.8 Å². The molecule has 1 aromatic carbocycles. The molecule has 0 spiro atoms. The number of nitrogens with one attached hydrogen (secondary N) is 1. The molecule has 1 aromatic rings. The van der Waals surface area contributed by atoms with Gasteiger partial charge >= 0.3 is 0 Å². The summed E-state index contributed by atoms with van der Waals surface area (Å²) in [5.41, 5.74) is 5.74. The Labute approximate surface area is 111 Å². The minimum absolute atomic E-state index is 0.0626. The van der Waals surface area contributed by atoms with Crippen LogP contribution in [-0.2, 0) is 0 Å². The van der Waals surface area contributed by atoms with Gasteiger partial charge in [0.05, 0.1) is 14.2 Å². The van der Waals surface area contributed by atoms with E-state index in [0.717, 1.165) is 0 Å². The molecule has 0 aliphatic carbocycles. The number of methoxy groups -OCH3 is 2. The number of carbonyl (C=O) groups is 1. The average molecular weight is 267 g/mol. The van der Waals surface area contributed by atoms with Crippen molar-refractivity contribution in [2.75, 3.05) is 20.8 Å². The van der Waals surface area contributed by atoms with Crippen LogP contribution in [0.25, 0.3) is 0 Å². The Kier molecular flexibility index (Phi) is 5.46. The van der Waals surface area contributed by atoms with E-state index in [2.05, 4.69) is 10.5 Å². The van der Waals surface area contributed by atoms with Gasteiger partial charge in [-0.15, -0.1) is 0 Å². The quantitative estimate of drug-likeness (QED) is 0.302. The van der Waals surface area contributed by atoms with Gasteiger partial charge in [0.2, 0.25) is 0 Å². The van der Waals surface area contributed by atoms with Crippen LogP contribution in [0.15, 0.2) is 23.4 Å². The highest BCUT2D eigenvalue weighted by atomic mass is 16.5. The molecule has 0 radical (unpaired) electrons. The van der Waals surface area contributed by atoms with Crippen LogP contribution in [0.5, 0.6) is 11.5 Å². The number of carbonyl (C=O) groups excluding carboxylic acids is 1. The molecular weight excluding hydrogens is 250 g/mol. The first-order valence-electron chi connectivity index (χ1n) is 5.59. The van der Waals surface area contributed by atoms with E-state index in [-0.39, 0.29) is 24.7 Å². The standard InChI is InChI=1S/C12H17N3O4/c1-18-9-4-3-8(7-10(9)19-2)12(16)14-6-5-11(13)15-17/h3-4,7,17H,5-6H2,1-2H3,(H2,13,15)(H,14,16). The molecule has 4 N–H and O–H groups in total. The van der Waals surface area contributed by atoms with Gasteiger partial charge < -0.3 is 25.7 Å². The monoisotopic (exact) mass is 267 g/mol. The molecule has 0 saturated heterocycles. The Bertz CT molecular complexity index is 474. The van der Waals surface area contributed by atoms with Crippen molar-refractivity contribution in [2.24, 2.45) is 10.9 Å². The minimum Gasteiger partial charge on any atom is -0.493 e. The van der Waals surface area contributed by atoms with Crippen LogP contribution in [0, 0.1) is 0 Å². The van der Waals surface area contributed by atoms with Crippen molar-refractivity contribution in [3.8, 4) is 11.5 Å². The van der Waals surface area contributed by atoms with Gasteiger partial charge in [-0.1, -0.05) is 5.16 Å². The fraction of sp³-hybridized carbons (Fsp3) is 0.333. The number of amidine groups is 1. The highest BCUT2D eigenvalue weighted by Gasteiger charge is 2.10. The van der Waals surface area contributed by atoms with Gasteiger partial charge in [-0.3, -0.25) is 4.79 Å². The number of oxime groups is 1. The van der Waals surface area contributed by atoms with E-state index in [4.69, 9.17) is 20.4 Å². The fourth-order valence-electron chi connectivity index (χ4n) is 1.43.